The summed E-state index contributed by atoms with van der Waals surface area (Å²) in [5.41, 5.74) is 3.31. The number of carbonyl (C=O) groups is 1. The molecule has 1 fully saturated rings. The average molecular weight is 395 g/mol. The van der Waals surface area contributed by atoms with Gasteiger partial charge in [0.15, 0.2) is 0 Å². The molecule has 0 radical (unpaired) electrons. The van der Waals surface area contributed by atoms with Crippen LogP contribution in [0.3, 0.4) is 0 Å². The van der Waals surface area contributed by atoms with Gasteiger partial charge in [0.2, 0.25) is 0 Å². The van der Waals surface area contributed by atoms with Crippen molar-refractivity contribution in [2.24, 2.45) is 5.92 Å². The van der Waals surface area contributed by atoms with Crippen molar-refractivity contribution in [3.05, 3.63) is 57.9 Å². The standard InChI is InChI=1S/C23H26N2O2S/c1-27-19-5-2-15(3-6-19)21-22-16(10-13-28-22)9-12-25(21)23(26)18-4-7-20-17(14-18)8-11-24-20/h4,7-8,10-11,13-15,19,21,24H,2-3,5-6,9,12H2,1H3. The number of methoxy groups -OCH3 is 1. The molecule has 1 unspecified atom stereocenters. The molecule has 1 aliphatic heterocycles. The lowest BCUT2D eigenvalue weighted by Crippen LogP contribution is -2.43. The Labute approximate surface area is 169 Å². The largest absolute Gasteiger partial charge is 0.381 e. The normalized spacial score (nSPS) is 25.0. The topological polar surface area (TPSA) is 45.3 Å². The second kappa shape index (κ2) is 7.37. The second-order valence-electron chi connectivity index (χ2n) is 8.06. The van der Waals surface area contributed by atoms with Crippen molar-refractivity contribution < 1.29 is 9.53 Å². The summed E-state index contributed by atoms with van der Waals surface area (Å²) in [5, 5.41) is 3.29. The Morgan fingerprint density at radius 2 is 2.04 bits per heavy atom. The molecule has 1 saturated carbocycles. The number of H-pyrrole nitrogens is 1. The monoisotopic (exact) mass is 394 g/mol. The lowest BCUT2D eigenvalue weighted by atomic mass is 9.79. The van der Waals surface area contributed by atoms with Crippen LogP contribution in [0.15, 0.2) is 41.9 Å². The van der Waals surface area contributed by atoms with Gasteiger partial charge in [-0.15, -0.1) is 11.3 Å². The van der Waals surface area contributed by atoms with Crippen LogP contribution in [0.25, 0.3) is 10.9 Å². The van der Waals surface area contributed by atoms with E-state index in [4.69, 9.17) is 4.74 Å². The van der Waals surface area contributed by atoms with Crippen LogP contribution in [0.1, 0.15) is 52.5 Å². The van der Waals surface area contributed by atoms with Crippen LogP contribution in [-0.2, 0) is 11.2 Å². The molecule has 3 heterocycles. The van der Waals surface area contributed by atoms with Crippen molar-refractivity contribution in [3.63, 3.8) is 0 Å². The van der Waals surface area contributed by atoms with Gasteiger partial charge in [0.1, 0.15) is 0 Å². The Balaban J connectivity index is 1.47. The molecule has 1 N–H and O–H groups in total. The highest BCUT2D eigenvalue weighted by atomic mass is 32.1. The van der Waals surface area contributed by atoms with E-state index in [1.165, 1.54) is 10.4 Å². The predicted octanol–water partition coefficient (Wildman–Crippen LogP) is 5.17. The molecule has 146 valence electrons. The number of hydrogen-bond donors (Lipinski definition) is 1. The first-order chi connectivity index (χ1) is 13.7. The molecule has 1 amide bonds. The molecule has 0 bridgehead atoms. The number of benzene rings is 1. The maximum absolute atomic E-state index is 13.6. The number of ether oxygens (including phenoxy) is 1. The number of aromatic amines is 1. The zero-order chi connectivity index (χ0) is 19.1. The third kappa shape index (κ3) is 3.07. The second-order valence-corrected chi connectivity index (χ2v) is 9.00. The van der Waals surface area contributed by atoms with Gasteiger partial charge in [-0.1, -0.05) is 0 Å². The molecule has 4 nitrogen and oxygen atoms in total. The van der Waals surface area contributed by atoms with Crippen molar-refractivity contribution in [2.75, 3.05) is 13.7 Å². The van der Waals surface area contributed by atoms with E-state index in [-0.39, 0.29) is 11.9 Å². The minimum Gasteiger partial charge on any atom is -0.381 e. The van der Waals surface area contributed by atoms with E-state index in [0.717, 1.165) is 55.1 Å². The quantitative estimate of drug-likeness (QED) is 0.666. The van der Waals surface area contributed by atoms with Crippen LogP contribution in [0, 0.1) is 5.92 Å². The van der Waals surface area contributed by atoms with Crippen LogP contribution in [0.2, 0.25) is 0 Å². The maximum atomic E-state index is 13.6. The predicted molar refractivity (Wildman–Crippen MR) is 113 cm³/mol. The van der Waals surface area contributed by atoms with Crippen molar-refractivity contribution in [1.29, 1.82) is 0 Å². The Kier molecular flexibility index (Phi) is 4.73. The molecule has 0 saturated heterocycles. The van der Waals surface area contributed by atoms with Crippen LogP contribution in [0.4, 0.5) is 0 Å². The van der Waals surface area contributed by atoms with E-state index >= 15 is 0 Å². The first-order valence-corrected chi connectivity index (χ1v) is 11.1. The lowest BCUT2D eigenvalue weighted by Gasteiger charge is -2.42. The highest BCUT2D eigenvalue weighted by Gasteiger charge is 2.39. The molecule has 3 aromatic rings. The van der Waals surface area contributed by atoms with Gasteiger partial charge in [0.25, 0.3) is 5.91 Å². The van der Waals surface area contributed by atoms with Gasteiger partial charge < -0.3 is 14.6 Å². The van der Waals surface area contributed by atoms with Gasteiger partial charge in [-0.3, -0.25) is 4.79 Å². The number of fused-ring (bicyclic) bond motifs is 2. The lowest BCUT2D eigenvalue weighted by molar-refractivity contribution is 0.0275. The highest BCUT2D eigenvalue weighted by molar-refractivity contribution is 7.10. The summed E-state index contributed by atoms with van der Waals surface area (Å²) in [6, 6.07) is 10.5. The van der Waals surface area contributed by atoms with Crippen LogP contribution >= 0.6 is 11.3 Å². The van der Waals surface area contributed by atoms with Crippen molar-refractivity contribution in [2.45, 2.75) is 44.2 Å². The third-order valence-electron chi connectivity index (χ3n) is 6.57. The Bertz CT molecular complexity index is 983. The molecule has 2 aliphatic rings. The highest BCUT2D eigenvalue weighted by Crippen LogP contribution is 2.45. The maximum Gasteiger partial charge on any atom is 0.254 e. The van der Waals surface area contributed by atoms with Crippen LogP contribution in [0.5, 0.6) is 0 Å². The van der Waals surface area contributed by atoms with E-state index < -0.39 is 0 Å². The summed E-state index contributed by atoms with van der Waals surface area (Å²) in [6.45, 7) is 0.808. The van der Waals surface area contributed by atoms with Gasteiger partial charge >= 0.3 is 0 Å². The molecule has 2 aromatic heterocycles. The minimum atomic E-state index is 0.168. The summed E-state index contributed by atoms with van der Waals surface area (Å²) in [6.07, 6.45) is 7.70. The third-order valence-corrected chi connectivity index (χ3v) is 7.60. The van der Waals surface area contributed by atoms with E-state index in [1.54, 1.807) is 0 Å². The van der Waals surface area contributed by atoms with Crippen LogP contribution in [-0.4, -0.2) is 35.5 Å². The molecule has 5 heteroatoms. The molecule has 28 heavy (non-hydrogen) atoms. The van der Waals surface area contributed by atoms with Crippen molar-refractivity contribution in [1.82, 2.24) is 9.88 Å². The summed E-state index contributed by atoms with van der Waals surface area (Å²) < 4.78 is 5.58. The van der Waals surface area contributed by atoms with Crippen molar-refractivity contribution >= 4 is 28.1 Å². The Hall–Kier alpha value is -2.11. The smallest absolute Gasteiger partial charge is 0.254 e. The SMILES string of the molecule is COC1CCC(C2c3sccc3CCN2C(=O)c2ccc3[nH]ccc3c2)CC1. The summed E-state index contributed by atoms with van der Waals surface area (Å²) in [4.78, 5) is 20.3. The van der Waals surface area contributed by atoms with Gasteiger partial charge in [0.05, 0.1) is 12.1 Å². The average Bonchev–Trinajstić information content (AvgIpc) is 3.41. The molecule has 1 aliphatic carbocycles. The van der Waals surface area contributed by atoms with E-state index in [9.17, 15) is 4.79 Å². The summed E-state index contributed by atoms with van der Waals surface area (Å²) in [7, 11) is 1.82. The molecule has 5 rings (SSSR count). The Morgan fingerprint density at radius 3 is 2.86 bits per heavy atom. The fraction of sp³-hybridized carbons (Fsp3) is 0.435. The molecular formula is C23H26N2O2S. The number of rotatable bonds is 3. The number of carbonyl (C=O) groups excluding carboxylic acids is 1. The first kappa shape index (κ1) is 18.0. The van der Waals surface area contributed by atoms with E-state index in [0.29, 0.717) is 12.0 Å². The van der Waals surface area contributed by atoms with E-state index in [2.05, 4.69) is 21.3 Å². The van der Waals surface area contributed by atoms with Crippen molar-refractivity contribution in [3.8, 4) is 0 Å². The fourth-order valence-electron chi connectivity index (χ4n) is 5.02. The number of amides is 1. The summed E-state index contributed by atoms with van der Waals surface area (Å²) in [5.74, 6) is 0.685. The van der Waals surface area contributed by atoms with E-state index in [1.807, 2.05) is 48.9 Å². The minimum absolute atomic E-state index is 0.168. The van der Waals surface area contributed by atoms with Gasteiger partial charge in [-0.2, -0.15) is 0 Å². The molecule has 1 atom stereocenters. The fourth-order valence-corrected chi connectivity index (χ4v) is 6.18. The van der Waals surface area contributed by atoms with Gasteiger partial charge in [0, 0.05) is 41.2 Å². The number of aromatic nitrogens is 1. The summed E-state index contributed by atoms with van der Waals surface area (Å²) >= 11 is 1.82. The van der Waals surface area contributed by atoms with Crippen LogP contribution < -0.4 is 0 Å². The molecule has 0 spiro atoms. The molecular weight excluding hydrogens is 368 g/mol. The first-order valence-electron chi connectivity index (χ1n) is 10.2. The van der Waals surface area contributed by atoms with Gasteiger partial charge in [-0.25, -0.2) is 0 Å². The molecule has 1 aromatic carbocycles. The zero-order valence-electron chi connectivity index (χ0n) is 16.2. The number of nitrogens with zero attached hydrogens (tertiary/aromatic N) is 1. The number of thiophene rings is 1. The van der Waals surface area contributed by atoms with Gasteiger partial charge in [-0.05, 0) is 79.3 Å². The zero-order valence-corrected chi connectivity index (χ0v) is 17.0. The number of nitrogens with one attached hydrogen (secondary N) is 1. The Morgan fingerprint density at radius 1 is 1.18 bits per heavy atom. The number of hydrogen-bond acceptors (Lipinski definition) is 3.